The molecule has 3 aromatic carbocycles. The van der Waals surface area contributed by atoms with Crippen LogP contribution in [0.5, 0.6) is 5.75 Å². The second kappa shape index (κ2) is 9.60. The molecule has 0 radical (unpaired) electrons. The molecule has 4 rings (SSSR count). The van der Waals surface area contributed by atoms with E-state index in [0.29, 0.717) is 38.0 Å². The highest BCUT2D eigenvalue weighted by Gasteiger charge is 2.24. The Balaban J connectivity index is 1.55. The number of rotatable bonds is 5. The first kappa shape index (κ1) is 21.5. The Bertz CT molecular complexity index is 1190. The van der Waals surface area contributed by atoms with Gasteiger partial charge in [-0.05, 0) is 72.8 Å². The first-order chi connectivity index (χ1) is 15.0. The summed E-state index contributed by atoms with van der Waals surface area (Å²) in [5.41, 5.74) is 3.59. The van der Waals surface area contributed by atoms with E-state index in [1.54, 1.807) is 24.3 Å². The van der Waals surface area contributed by atoms with E-state index in [1.807, 2.05) is 55.5 Å². The van der Waals surface area contributed by atoms with E-state index < -0.39 is 0 Å². The first-order valence-electron chi connectivity index (χ1n) is 9.49. The normalized spacial score (nSPS) is 16.0. The SMILES string of the molecule is Cc1ccc(N=C2NC(=O)/C(=C/c3cc(Cl)ccc3OCc3cccc(Cl)c3)S2)cc1. The van der Waals surface area contributed by atoms with Crippen LogP contribution in [0.1, 0.15) is 16.7 Å². The molecule has 1 saturated heterocycles. The Morgan fingerprint density at radius 1 is 1.03 bits per heavy atom. The predicted molar refractivity (Wildman–Crippen MR) is 129 cm³/mol. The third-order valence-corrected chi connectivity index (χ3v) is 5.84. The van der Waals surface area contributed by atoms with E-state index in [-0.39, 0.29) is 5.91 Å². The lowest BCUT2D eigenvalue weighted by Crippen LogP contribution is -2.19. The Morgan fingerprint density at radius 3 is 2.58 bits per heavy atom. The molecule has 1 fully saturated rings. The molecule has 0 aromatic heterocycles. The van der Waals surface area contributed by atoms with Gasteiger partial charge < -0.3 is 10.1 Å². The fourth-order valence-electron chi connectivity index (χ4n) is 2.91. The van der Waals surface area contributed by atoms with Crippen LogP contribution in [0.4, 0.5) is 5.69 Å². The summed E-state index contributed by atoms with van der Waals surface area (Å²) in [6, 6.07) is 20.6. The number of hydrogen-bond acceptors (Lipinski definition) is 4. The fourth-order valence-corrected chi connectivity index (χ4v) is 4.14. The minimum absolute atomic E-state index is 0.211. The van der Waals surface area contributed by atoms with E-state index in [4.69, 9.17) is 27.9 Å². The number of aryl methyl sites for hydroxylation is 1. The van der Waals surface area contributed by atoms with Gasteiger partial charge in [0.25, 0.3) is 5.91 Å². The number of halogens is 2. The lowest BCUT2D eigenvalue weighted by Gasteiger charge is -2.10. The summed E-state index contributed by atoms with van der Waals surface area (Å²) in [7, 11) is 0. The molecule has 0 unspecified atom stereocenters. The third kappa shape index (κ3) is 5.70. The lowest BCUT2D eigenvalue weighted by atomic mass is 10.1. The minimum atomic E-state index is -0.211. The van der Waals surface area contributed by atoms with Crippen molar-refractivity contribution in [3.63, 3.8) is 0 Å². The van der Waals surface area contributed by atoms with Gasteiger partial charge in [0.2, 0.25) is 0 Å². The molecule has 4 nitrogen and oxygen atoms in total. The number of benzene rings is 3. The zero-order valence-corrected chi connectivity index (χ0v) is 18.9. The molecule has 3 aromatic rings. The van der Waals surface area contributed by atoms with Crippen LogP contribution in [0, 0.1) is 6.92 Å². The highest BCUT2D eigenvalue weighted by atomic mass is 35.5. The molecule has 7 heteroatoms. The van der Waals surface area contributed by atoms with E-state index in [9.17, 15) is 4.79 Å². The second-order valence-corrected chi connectivity index (χ2v) is 8.82. The Labute approximate surface area is 194 Å². The van der Waals surface area contributed by atoms with Gasteiger partial charge in [-0.2, -0.15) is 0 Å². The highest BCUT2D eigenvalue weighted by Crippen LogP contribution is 2.32. The zero-order valence-electron chi connectivity index (χ0n) is 16.6. The van der Waals surface area contributed by atoms with Gasteiger partial charge in [0, 0.05) is 15.6 Å². The van der Waals surface area contributed by atoms with E-state index in [2.05, 4.69) is 10.3 Å². The monoisotopic (exact) mass is 468 g/mol. The van der Waals surface area contributed by atoms with Crippen LogP contribution in [0.2, 0.25) is 10.0 Å². The van der Waals surface area contributed by atoms with Gasteiger partial charge in [0.1, 0.15) is 12.4 Å². The molecule has 0 bridgehead atoms. The van der Waals surface area contributed by atoms with Crippen LogP contribution < -0.4 is 10.1 Å². The van der Waals surface area contributed by atoms with Gasteiger partial charge in [0.05, 0.1) is 10.6 Å². The van der Waals surface area contributed by atoms with Crippen molar-refractivity contribution in [1.29, 1.82) is 0 Å². The van der Waals surface area contributed by atoms with Gasteiger partial charge in [-0.25, -0.2) is 4.99 Å². The Morgan fingerprint density at radius 2 is 1.81 bits per heavy atom. The summed E-state index contributed by atoms with van der Waals surface area (Å²) < 4.78 is 5.98. The Hall–Kier alpha value is -2.73. The maximum absolute atomic E-state index is 12.5. The topological polar surface area (TPSA) is 50.7 Å². The molecule has 1 N–H and O–H groups in total. The average molecular weight is 469 g/mol. The molecule has 0 saturated carbocycles. The number of carbonyl (C=O) groups excluding carboxylic acids is 1. The number of nitrogens with zero attached hydrogens (tertiary/aromatic N) is 1. The van der Waals surface area contributed by atoms with Crippen molar-refractivity contribution in [3.8, 4) is 5.75 Å². The predicted octanol–water partition coefficient (Wildman–Crippen LogP) is 6.77. The van der Waals surface area contributed by atoms with Gasteiger partial charge in [-0.1, -0.05) is 53.0 Å². The summed E-state index contributed by atoms with van der Waals surface area (Å²) in [6.07, 6.45) is 1.76. The highest BCUT2D eigenvalue weighted by molar-refractivity contribution is 8.18. The summed E-state index contributed by atoms with van der Waals surface area (Å²) in [5, 5.41) is 4.54. The van der Waals surface area contributed by atoms with Crippen LogP contribution in [0.3, 0.4) is 0 Å². The van der Waals surface area contributed by atoms with E-state index in [0.717, 1.165) is 16.8 Å². The Kier molecular flexibility index (Phi) is 6.66. The standard InChI is InChI=1S/C24H18Cl2N2O2S/c1-15-5-8-20(9-6-15)27-24-28-23(29)22(31-24)13-17-12-19(26)7-10-21(17)30-14-16-3-2-4-18(25)11-16/h2-13H,14H2,1H3,(H,27,28,29)/b22-13-. The van der Waals surface area contributed by atoms with Gasteiger partial charge in [-0.3, -0.25) is 4.79 Å². The molecule has 0 spiro atoms. The largest absolute Gasteiger partial charge is 0.488 e. The molecule has 0 atom stereocenters. The molecular formula is C24H18Cl2N2O2S. The maximum atomic E-state index is 12.5. The number of nitrogens with one attached hydrogen (secondary N) is 1. The van der Waals surface area contributed by atoms with Crippen molar-refractivity contribution in [1.82, 2.24) is 5.32 Å². The van der Waals surface area contributed by atoms with Gasteiger partial charge in [-0.15, -0.1) is 0 Å². The summed E-state index contributed by atoms with van der Waals surface area (Å²) in [6.45, 7) is 2.36. The average Bonchev–Trinajstić information content (AvgIpc) is 3.08. The number of hydrogen-bond donors (Lipinski definition) is 1. The summed E-state index contributed by atoms with van der Waals surface area (Å²) in [5.74, 6) is 0.408. The molecule has 1 aliphatic rings. The number of carbonyl (C=O) groups is 1. The molecular weight excluding hydrogens is 451 g/mol. The smallest absolute Gasteiger partial charge is 0.264 e. The number of amides is 1. The van der Waals surface area contributed by atoms with Gasteiger partial charge in [0.15, 0.2) is 5.17 Å². The van der Waals surface area contributed by atoms with Crippen molar-refractivity contribution in [2.45, 2.75) is 13.5 Å². The first-order valence-corrected chi connectivity index (χ1v) is 11.1. The second-order valence-electron chi connectivity index (χ2n) is 6.92. The number of ether oxygens (including phenoxy) is 1. The molecule has 31 heavy (non-hydrogen) atoms. The van der Waals surface area contributed by atoms with E-state index >= 15 is 0 Å². The van der Waals surface area contributed by atoms with Crippen LogP contribution in [-0.2, 0) is 11.4 Å². The molecule has 156 valence electrons. The van der Waals surface area contributed by atoms with Crippen LogP contribution in [-0.4, -0.2) is 11.1 Å². The van der Waals surface area contributed by atoms with E-state index in [1.165, 1.54) is 11.8 Å². The minimum Gasteiger partial charge on any atom is -0.488 e. The van der Waals surface area contributed by atoms with Crippen LogP contribution in [0.25, 0.3) is 6.08 Å². The van der Waals surface area contributed by atoms with Crippen molar-refractivity contribution < 1.29 is 9.53 Å². The summed E-state index contributed by atoms with van der Waals surface area (Å²) in [4.78, 5) is 17.5. The number of thioether (sulfide) groups is 1. The molecule has 0 aliphatic carbocycles. The molecule has 1 aliphatic heterocycles. The zero-order chi connectivity index (χ0) is 21.8. The van der Waals surface area contributed by atoms with Crippen LogP contribution in [0.15, 0.2) is 76.6 Å². The van der Waals surface area contributed by atoms with Crippen LogP contribution >= 0.6 is 35.0 Å². The summed E-state index contributed by atoms with van der Waals surface area (Å²) >= 11 is 13.5. The van der Waals surface area contributed by atoms with Crippen molar-refractivity contribution in [3.05, 3.63) is 98.4 Å². The lowest BCUT2D eigenvalue weighted by molar-refractivity contribution is -0.115. The quantitative estimate of drug-likeness (QED) is 0.420. The number of aliphatic imine (C=N–C) groups is 1. The van der Waals surface area contributed by atoms with Crippen molar-refractivity contribution in [2.75, 3.05) is 0 Å². The van der Waals surface area contributed by atoms with Gasteiger partial charge >= 0.3 is 0 Å². The van der Waals surface area contributed by atoms with Crippen molar-refractivity contribution >= 4 is 57.8 Å². The maximum Gasteiger partial charge on any atom is 0.264 e. The third-order valence-electron chi connectivity index (χ3n) is 4.46. The van der Waals surface area contributed by atoms with Crippen molar-refractivity contribution in [2.24, 2.45) is 4.99 Å². The fraction of sp³-hybridized carbons (Fsp3) is 0.0833. The molecule has 1 amide bonds. The molecule has 1 heterocycles. The number of amidine groups is 1.